The van der Waals surface area contributed by atoms with Crippen molar-refractivity contribution in [2.75, 3.05) is 11.4 Å². The van der Waals surface area contributed by atoms with Crippen LogP contribution in [0, 0.1) is 0 Å². The molecule has 1 saturated carbocycles. The van der Waals surface area contributed by atoms with Gasteiger partial charge in [0.1, 0.15) is 0 Å². The highest BCUT2D eigenvalue weighted by molar-refractivity contribution is 6.01. The number of primary amides is 1. The lowest BCUT2D eigenvalue weighted by Gasteiger charge is -2.17. The first-order valence-electron chi connectivity index (χ1n) is 6.62. The molecule has 2 amide bonds. The molecule has 5 nitrogen and oxygen atoms in total. The van der Waals surface area contributed by atoms with Gasteiger partial charge in [-0.15, -0.1) is 0 Å². The van der Waals surface area contributed by atoms with Gasteiger partial charge in [-0.05, 0) is 37.5 Å². The summed E-state index contributed by atoms with van der Waals surface area (Å²) in [6.45, 7) is 0.686. The van der Waals surface area contributed by atoms with Gasteiger partial charge < -0.3 is 16.0 Å². The van der Waals surface area contributed by atoms with E-state index in [0.29, 0.717) is 18.2 Å². The van der Waals surface area contributed by atoms with Crippen LogP contribution in [-0.2, 0) is 4.79 Å². The van der Waals surface area contributed by atoms with E-state index in [1.807, 2.05) is 6.07 Å². The van der Waals surface area contributed by atoms with Gasteiger partial charge in [-0.3, -0.25) is 9.59 Å². The Morgan fingerprint density at radius 2 is 2.11 bits per heavy atom. The molecule has 1 aliphatic heterocycles. The van der Waals surface area contributed by atoms with Crippen LogP contribution in [0.2, 0.25) is 0 Å². The number of anilines is 1. The van der Waals surface area contributed by atoms with E-state index in [1.165, 1.54) is 12.8 Å². The van der Waals surface area contributed by atoms with E-state index in [9.17, 15) is 9.59 Å². The zero-order chi connectivity index (χ0) is 13.4. The molecule has 0 spiro atoms. The average molecular weight is 259 g/mol. The molecule has 1 aromatic carbocycles. The lowest BCUT2D eigenvalue weighted by atomic mass is 10.2. The Hall–Kier alpha value is -1.88. The van der Waals surface area contributed by atoms with E-state index >= 15 is 0 Å². The molecule has 1 unspecified atom stereocenters. The molecular formula is C14H17N3O2. The van der Waals surface area contributed by atoms with E-state index in [-0.39, 0.29) is 11.9 Å². The number of hydrogen-bond donors (Lipinski definition) is 2. The number of nitrogens with zero attached hydrogens (tertiary/aromatic N) is 1. The Balaban J connectivity index is 1.76. The molecule has 2 fully saturated rings. The van der Waals surface area contributed by atoms with E-state index < -0.39 is 5.91 Å². The van der Waals surface area contributed by atoms with Gasteiger partial charge in [0.25, 0.3) is 0 Å². The van der Waals surface area contributed by atoms with E-state index in [1.54, 1.807) is 23.1 Å². The van der Waals surface area contributed by atoms with Crippen molar-refractivity contribution in [1.29, 1.82) is 0 Å². The minimum absolute atomic E-state index is 0.0789. The first-order chi connectivity index (χ1) is 9.15. The number of benzene rings is 1. The van der Waals surface area contributed by atoms with Gasteiger partial charge in [0, 0.05) is 23.8 Å². The molecule has 1 heterocycles. The van der Waals surface area contributed by atoms with Crippen molar-refractivity contribution in [3.05, 3.63) is 29.8 Å². The first-order valence-corrected chi connectivity index (χ1v) is 6.62. The third-order valence-electron chi connectivity index (χ3n) is 3.66. The van der Waals surface area contributed by atoms with Crippen LogP contribution in [0.3, 0.4) is 0 Å². The quantitative estimate of drug-likeness (QED) is 0.833. The average Bonchev–Trinajstić information content (AvgIpc) is 3.14. The summed E-state index contributed by atoms with van der Waals surface area (Å²) in [4.78, 5) is 25.2. The number of amides is 2. The second kappa shape index (κ2) is 4.66. The fraction of sp³-hybridized carbons (Fsp3) is 0.429. The molecular weight excluding hydrogens is 242 g/mol. The summed E-state index contributed by atoms with van der Waals surface area (Å²) in [7, 11) is 0. The van der Waals surface area contributed by atoms with E-state index in [0.717, 1.165) is 12.1 Å². The van der Waals surface area contributed by atoms with Gasteiger partial charge in [-0.2, -0.15) is 0 Å². The minimum Gasteiger partial charge on any atom is -0.366 e. The van der Waals surface area contributed by atoms with Crippen LogP contribution in [0.4, 0.5) is 5.69 Å². The Morgan fingerprint density at radius 1 is 1.32 bits per heavy atom. The molecule has 0 aromatic heterocycles. The third kappa shape index (κ3) is 2.46. The number of nitrogens with one attached hydrogen (secondary N) is 1. The Kier molecular flexibility index (Phi) is 2.98. The summed E-state index contributed by atoms with van der Waals surface area (Å²) in [6, 6.07) is 7.37. The highest BCUT2D eigenvalue weighted by Gasteiger charge is 2.36. The number of rotatable bonds is 4. The maximum absolute atomic E-state index is 12.3. The highest BCUT2D eigenvalue weighted by atomic mass is 16.2. The topological polar surface area (TPSA) is 75.4 Å². The molecule has 0 radical (unpaired) electrons. The smallest absolute Gasteiger partial charge is 0.248 e. The molecule has 1 atom stereocenters. The largest absolute Gasteiger partial charge is 0.366 e. The number of hydrogen-bond acceptors (Lipinski definition) is 3. The van der Waals surface area contributed by atoms with Gasteiger partial charge in [0.15, 0.2) is 0 Å². The van der Waals surface area contributed by atoms with Crippen LogP contribution in [0.5, 0.6) is 0 Å². The van der Waals surface area contributed by atoms with Crippen LogP contribution in [0.1, 0.15) is 29.6 Å². The predicted octanol–water partition coefficient (Wildman–Crippen LogP) is 0.643. The molecule has 1 aromatic rings. The molecule has 1 saturated heterocycles. The molecule has 1 aliphatic carbocycles. The van der Waals surface area contributed by atoms with Crippen molar-refractivity contribution in [1.82, 2.24) is 5.32 Å². The summed E-state index contributed by atoms with van der Waals surface area (Å²) >= 11 is 0. The number of carbonyl (C=O) groups is 2. The van der Waals surface area contributed by atoms with Crippen LogP contribution >= 0.6 is 0 Å². The van der Waals surface area contributed by atoms with Crippen molar-refractivity contribution >= 4 is 17.5 Å². The van der Waals surface area contributed by atoms with Crippen LogP contribution in [-0.4, -0.2) is 30.4 Å². The first kappa shape index (κ1) is 12.2. The lowest BCUT2D eigenvalue weighted by Crippen LogP contribution is -2.39. The molecule has 5 heteroatoms. The summed E-state index contributed by atoms with van der Waals surface area (Å²) in [5, 5.41) is 3.36. The summed E-state index contributed by atoms with van der Waals surface area (Å²) in [6.07, 6.45) is 3.15. The summed E-state index contributed by atoms with van der Waals surface area (Å²) in [5.74, 6) is -0.380. The molecule has 3 N–H and O–H groups in total. The number of nitrogens with two attached hydrogens (primary N) is 1. The second-order valence-corrected chi connectivity index (χ2v) is 5.19. The van der Waals surface area contributed by atoms with Crippen LogP contribution < -0.4 is 16.0 Å². The van der Waals surface area contributed by atoms with Crippen molar-refractivity contribution < 1.29 is 9.59 Å². The summed E-state index contributed by atoms with van der Waals surface area (Å²) in [5.41, 5.74) is 6.45. The molecule has 2 aliphatic rings. The van der Waals surface area contributed by atoms with Gasteiger partial charge in [-0.25, -0.2) is 0 Å². The number of carbonyl (C=O) groups excluding carboxylic acids is 2. The Bertz CT molecular complexity index is 525. The van der Waals surface area contributed by atoms with Gasteiger partial charge >= 0.3 is 0 Å². The third-order valence-corrected chi connectivity index (χ3v) is 3.66. The second-order valence-electron chi connectivity index (χ2n) is 5.19. The van der Waals surface area contributed by atoms with Crippen molar-refractivity contribution in [3.8, 4) is 0 Å². The van der Waals surface area contributed by atoms with Crippen LogP contribution in [0.15, 0.2) is 24.3 Å². The zero-order valence-electron chi connectivity index (χ0n) is 10.6. The highest BCUT2D eigenvalue weighted by Crippen LogP contribution is 2.26. The summed E-state index contributed by atoms with van der Waals surface area (Å²) < 4.78 is 0. The Labute approximate surface area is 111 Å². The van der Waals surface area contributed by atoms with Crippen molar-refractivity contribution in [3.63, 3.8) is 0 Å². The molecule has 100 valence electrons. The van der Waals surface area contributed by atoms with Gasteiger partial charge in [0.2, 0.25) is 11.8 Å². The standard InChI is InChI=1S/C14H17N3O2/c15-13(18)9-2-1-3-11(8-9)17-7-6-12(14(17)19)16-10-4-5-10/h1-3,8,10,12,16H,4-7H2,(H2,15,18). The SMILES string of the molecule is NC(=O)c1cccc(N2CCC(NC3CC3)C2=O)c1. The van der Waals surface area contributed by atoms with Gasteiger partial charge in [-0.1, -0.05) is 6.07 Å². The molecule has 3 rings (SSSR count). The maximum Gasteiger partial charge on any atom is 0.248 e. The molecule has 19 heavy (non-hydrogen) atoms. The van der Waals surface area contributed by atoms with E-state index in [4.69, 9.17) is 5.73 Å². The molecule has 0 bridgehead atoms. The zero-order valence-corrected chi connectivity index (χ0v) is 10.6. The van der Waals surface area contributed by atoms with Crippen LogP contribution in [0.25, 0.3) is 0 Å². The van der Waals surface area contributed by atoms with Crippen molar-refractivity contribution in [2.24, 2.45) is 5.73 Å². The monoisotopic (exact) mass is 259 g/mol. The lowest BCUT2D eigenvalue weighted by molar-refractivity contribution is -0.118. The normalized spacial score (nSPS) is 22.8. The Morgan fingerprint density at radius 3 is 2.79 bits per heavy atom. The van der Waals surface area contributed by atoms with Crippen molar-refractivity contribution in [2.45, 2.75) is 31.3 Å². The maximum atomic E-state index is 12.3. The fourth-order valence-electron chi connectivity index (χ4n) is 2.45. The predicted molar refractivity (Wildman–Crippen MR) is 71.9 cm³/mol. The minimum atomic E-state index is -0.471. The fourth-order valence-corrected chi connectivity index (χ4v) is 2.45. The van der Waals surface area contributed by atoms with Gasteiger partial charge in [0.05, 0.1) is 6.04 Å². The van der Waals surface area contributed by atoms with E-state index in [2.05, 4.69) is 5.32 Å².